The Morgan fingerprint density at radius 3 is 2.62 bits per heavy atom. The van der Waals surface area contributed by atoms with Crippen LogP contribution in [-0.4, -0.2) is 35.0 Å². The van der Waals surface area contributed by atoms with Gasteiger partial charge in [0.2, 0.25) is 5.91 Å². The number of benzene rings is 1. The zero-order valence-corrected chi connectivity index (χ0v) is 16.2. The molecule has 1 aromatic carbocycles. The van der Waals surface area contributed by atoms with Crippen LogP contribution in [0.5, 0.6) is 0 Å². The smallest absolute Gasteiger partial charge is 0.325 e. The van der Waals surface area contributed by atoms with Crippen molar-refractivity contribution in [1.29, 1.82) is 0 Å². The number of carboxylic acids is 1. The summed E-state index contributed by atoms with van der Waals surface area (Å²) in [6.45, 7) is 1.39. The molecular formula is C23H24N2O4. The fourth-order valence-corrected chi connectivity index (χ4v) is 3.31. The van der Waals surface area contributed by atoms with Gasteiger partial charge in [-0.15, -0.1) is 0 Å². The lowest BCUT2D eigenvalue weighted by molar-refractivity contribution is -0.141. The second kappa shape index (κ2) is 9.19. The molecule has 3 N–H and O–H groups in total. The van der Waals surface area contributed by atoms with E-state index in [0.29, 0.717) is 5.56 Å². The van der Waals surface area contributed by atoms with Crippen LogP contribution in [-0.2, 0) is 9.59 Å². The second-order valence-electron chi connectivity index (χ2n) is 7.18. The normalized spacial score (nSPS) is 19.3. The van der Waals surface area contributed by atoms with Crippen LogP contribution in [0.4, 0.5) is 0 Å². The second-order valence-corrected chi connectivity index (χ2v) is 7.18. The highest BCUT2D eigenvalue weighted by Crippen LogP contribution is 2.30. The molecule has 0 saturated heterocycles. The number of carbonyl (C=O) groups excluding carboxylic acids is 2. The number of hydrogen-bond donors (Lipinski definition) is 3. The molecular weight excluding hydrogens is 368 g/mol. The van der Waals surface area contributed by atoms with Gasteiger partial charge in [-0.1, -0.05) is 54.7 Å². The van der Waals surface area contributed by atoms with Gasteiger partial charge >= 0.3 is 5.97 Å². The molecule has 0 spiro atoms. The van der Waals surface area contributed by atoms with Gasteiger partial charge in [0.25, 0.3) is 5.91 Å². The van der Waals surface area contributed by atoms with E-state index in [0.717, 1.165) is 12.0 Å². The third-order valence-corrected chi connectivity index (χ3v) is 4.97. The van der Waals surface area contributed by atoms with E-state index in [4.69, 9.17) is 5.11 Å². The van der Waals surface area contributed by atoms with Gasteiger partial charge in [0.05, 0.1) is 0 Å². The minimum atomic E-state index is -1.13. The van der Waals surface area contributed by atoms with E-state index < -0.39 is 24.0 Å². The third kappa shape index (κ3) is 5.31. The summed E-state index contributed by atoms with van der Waals surface area (Å²) >= 11 is 0. The molecule has 0 saturated carbocycles. The Hall–Kier alpha value is -3.41. The number of carboxylic acid groups (broad SMARTS) is 1. The van der Waals surface area contributed by atoms with Crippen LogP contribution in [0.2, 0.25) is 0 Å². The van der Waals surface area contributed by atoms with Crippen molar-refractivity contribution in [1.82, 2.24) is 10.6 Å². The van der Waals surface area contributed by atoms with E-state index in [2.05, 4.69) is 28.9 Å². The van der Waals surface area contributed by atoms with Crippen molar-refractivity contribution >= 4 is 17.8 Å². The van der Waals surface area contributed by atoms with Crippen LogP contribution in [0.3, 0.4) is 0 Å². The summed E-state index contributed by atoms with van der Waals surface area (Å²) in [5.74, 6) is -1.78. The van der Waals surface area contributed by atoms with Crippen molar-refractivity contribution in [2.24, 2.45) is 5.92 Å². The van der Waals surface area contributed by atoms with E-state index in [9.17, 15) is 14.4 Å². The maximum absolute atomic E-state index is 12.7. The number of carbonyl (C=O) groups is 3. The molecule has 0 fully saturated rings. The fraction of sp³-hybridized carbons (Fsp3) is 0.261. The molecule has 1 unspecified atom stereocenters. The molecule has 0 aliphatic heterocycles. The van der Waals surface area contributed by atoms with Crippen molar-refractivity contribution in [2.75, 3.05) is 0 Å². The lowest BCUT2D eigenvalue weighted by Crippen LogP contribution is -2.50. The molecule has 29 heavy (non-hydrogen) atoms. The average molecular weight is 392 g/mol. The summed E-state index contributed by atoms with van der Waals surface area (Å²) in [5, 5.41) is 14.3. The highest BCUT2D eigenvalue weighted by atomic mass is 16.4. The minimum absolute atomic E-state index is 0.256. The van der Waals surface area contributed by atoms with E-state index in [1.165, 1.54) is 12.5 Å². The first-order chi connectivity index (χ1) is 13.9. The first-order valence-corrected chi connectivity index (χ1v) is 9.58. The summed E-state index contributed by atoms with van der Waals surface area (Å²) in [7, 11) is 0. The van der Waals surface area contributed by atoms with Crippen molar-refractivity contribution < 1.29 is 19.5 Å². The van der Waals surface area contributed by atoms with Gasteiger partial charge in [0.1, 0.15) is 12.1 Å². The summed E-state index contributed by atoms with van der Waals surface area (Å²) in [6.07, 6.45) is 13.4. The number of nitrogens with one attached hydrogen (secondary N) is 2. The minimum Gasteiger partial charge on any atom is -0.480 e. The molecule has 0 radical (unpaired) electrons. The summed E-state index contributed by atoms with van der Waals surface area (Å²) in [6, 6.07) is 6.68. The van der Waals surface area contributed by atoms with Crippen molar-refractivity contribution in [2.45, 2.75) is 31.8 Å². The van der Waals surface area contributed by atoms with E-state index in [1.807, 2.05) is 18.2 Å². The predicted molar refractivity (Wildman–Crippen MR) is 110 cm³/mol. The van der Waals surface area contributed by atoms with E-state index >= 15 is 0 Å². The maximum atomic E-state index is 12.7. The van der Waals surface area contributed by atoms with E-state index in [-0.39, 0.29) is 18.2 Å². The molecule has 2 aliphatic carbocycles. The van der Waals surface area contributed by atoms with Crippen LogP contribution in [0.1, 0.15) is 30.1 Å². The topological polar surface area (TPSA) is 95.5 Å². The van der Waals surface area contributed by atoms with Crippen molar-refractivity contribution in [3.63, 3.8) is 0 Å². The van der Waals surface area contributed by atoms with Crippen LogP contribution in [0, 0.1) is 5.92 Å². The molecule has 3 rings (SSSR count). The quantitative estimate of drug-likeness (QED) is 0.665. The third-order valence-electron chi connectivity index (χ3n) is 4.97. The zero-order chi connectivity index (χ0) is 20.8. The van der Waals surface area contributed by atoms with Gasteiger partial charge in [-0.2, -0.15) is 0 Å². The summed E-state index contributed by atoms with van der Waals surface area (Å²) in [5.41, 5.74) is 2.58. The molecule has 6 nitrogen and oxygen atoms in total. The van der Waals surface area contributed by atoms with Gasteiger partial charge < -0.3 is 15.7 Å². The Balaban J connectivity index is 1.76. The van der Waals surface area contributed by atoms with Gasteiger partial charge in [0.15, 0.2) is 0 Å². The number of allylic oxidation sites excluding steroid dienone is 7. The SMILES string of the molecule is C[C@H](NC(=O)[C@@H](CC1=CC2CC=CC=C2C=C1)NC(=O)c1ccccc1)C(=O)O. The number of amides is 2. The molecule has 2 amide bonds. The van der Waals surface area contributed by atoms with Gasteiger partial charge in [0, 0.05) is 17.9 Å². The molecule has 6 heteroatoms. The summed E-state index contributed by atoms with van der Waals surface area (Å²) in [4.78, 5) is 36.4. The Morgan fingerprint density at radius 1 is 1.14 bits per heavy atom. The molecule has 150 valence electrons. The van der Waals surface area contributed by atoms with E-state index in [1.54, 1.807) is 30.3 Å². The molecule has 1 aromatic rings. The van der Waals surface area contributed by atoms with Crippen LogP contribution < -0.4 is 10.6 Å². The Labute approximate surface area is 169 Å². The predicted octanol–water partition coefficient (Wildman–Crippen LogP) is 2.76. The van der Waals surface area contributed by atoms with Gasteiger partial charge in [-0.05, 0) is 36.6 Å². The molecule has 0 heterocycles. The van der Waals surface area contributed by atoms with Gasteiger partial charge in [-0.25, -0.2) is 0 Å². The molecule has 3 atom stereocenters. The zero-order valence-electron chi connectivity index (χ0n) is 16.2. The number of hydrogen-bond acceptors (Lipinski definition) is 3. The van der Waals surface area contributed by atoms with Crippen LogP contribution in [0.25, 0.3) is 0 Å². The first kappa shape index (κ1) is 20.3. The highest BCUT2D eigenvalue weighted by molar-refractivity contribution is 5.98. The highest BCUT2D eigenvalue weighted by Gasteiger charge is 2.26. The molecule has 0 bridgehead atoms. The lowest BCUT2D eigenvalue weighted by atomic mass is 9.84. The lowest BCUT2D eigenvalue weighted by Gasteiger charge is -2.24. The molecule has 0 aromatic heterocycles. The Bertz CT molecular complexity index is 912. The average Bonchev–Trinajstić information content (AvgIpc) is 2.73. The van der Waals surface area contributed by atoms with Crippen LogP contribution >= 0.6 is 0 Å². The van der Waals surface area contributed by atoms with Gasteiger partial charge in [-0.3, -0.25) is 14.4 Å². The number of fused-ring (bicyclic) bond motifs is 1. The maximum Gasteiger partial charge on any atom is 0.325 e. The largest absolute Gasteiger partial charge is 0.480 e. The first-order valence-electron chi connectivity index (χ1n) is 9.58. The fourth-order valence-electron chi connectivity index (χ4n) is 3.31. The van der Waals surface area contributed by atoms with Crippen LogP contribution in [0.15, 0.2) is 77.9 Å². The number of rotatable bonds is 7. The monoisotopic (exact) mass is 392 g/mol. The standard InChI is InChI=1S/C23H24N2O4/c1-15(23(28)29)24-22(27)20(25-21(26)18-8-3-2-4-9-18)14-16-11-12-17-7-5-6-10-19(17)13-16/h2-9,11-13,15,19-20H,10,14H2,1H3,(H,24,27)(H,25,26)(H,28,29)/t15-,19?,20+/m0/s1. The molecule has 2 aliphatic rings. The number of aliphatic carboxylic acids is 1. The summed E-state index contributed by atoms with van der Waals surface area (Å²) < 4.78 is 0. The Kier molecular flexibility index (Phi) is 6.44. The van der Waals surface area contributed by atoms with Crippen molar-refractivity contribution in [3.05, 3.63) is 83.5 Å². The van der Waals surface area contributed by atoms with Crippen molar-refractivity contribution in [3.8, 4) is 0 Å². The Morgan fingerprint density at radius 2 is 1.90 bits per heavy atom.